The van der Waals surface area contributed by atoms with Gasteiger partial charge in [0.25, 0.3) is 0 Å². The lowest BCUT2D eigenvalue weighted by atomic mass is 9.67. The van der Waals surface area contributed by atoms with Crippen LogP contribution in [0.25, 0.3) is 33.0 Å². The molecular weight excluding hydrogens is 605 g/mol. The molecule has 0 bridgehead atoms. The second-order valence-corrected chi connectivity index (χ2v) is 13.5. The average molecular weight is 633 g/mol. The van der Waals surface area contributed by atoms with E-state index in [0.29, 0.717) is 0 Å². The molecule has 3 aliphatic rings. The van der Waals surface area contributed by atoms with Crippen molar-refractivity contribution in [1.29, 1.82) is 0 Å². The summed E-state index contributed by atoms with van der Waals surface area (Å²) in [6.07, 6.45) is 5.38. The first kappa shape index (κ1) is 27.3. The van der Waals surface area contributed by atoms with Crippen LogP contribution in [0.1, 0.15) is 39.5 Å². The van der Waals surface area contributed by atoms with E-state index in [1.54, 1.807) is 6.34 Å². The molecule has 1 aliphatic carbocycles. The van der Waals surface area contributed by atoms with Crippen molar-refractivity contribution in [1.82, 2.24) is 10.3 Å². The fourth-order valence-electron chi connectivity index (χ4n) is 7.88. The molecule has 0 radical (unpaired) electrons. The summed E-state index contributed by atoms with van der Waals surface area (Å²) in [6.45, 7) is 0. The molecule has 6 aromatic carbocycles. The maximum absolute atomic E-state index is 5.05. The predicted octanol–water partition coefficient (Wildman–Crippen LogP) is 9.81. The number of nitrogens with zero attached hydrogens (tertiary/aromatic N) is 3. The van der Waals surface area contributed by atoms with Gasteiger partial charge in [0.1, 0.15) is 5.84 Å². The highest BCUT2D eigenvalue weighted by atomic mass is 32.2. The number of aliphatic imine (C=N–C) groups is 2. The lowest BCUT2D eigenvalue weighted by Crippen LogP contribution is -2.32. The summed E-state index contributed by atoms with van der Waals surface area (Å²) in [5.74, 6) is 0.828. The van der Waals surface area contributed by atoms with Crippen molar-refractivity contribution in [2.45, 2.75) is 21.4 Å². The zero-order chi connectivity index (χ0) is 31.7. The Balaban J connectivity index is 1.20. The normalized spacial score (nSPS) is 16.4. The van der Waals surface area contributed by atoms with Crippen LogP contribution in [0.3, 0.4) is 0 Å². The maximum Gasteiger partial charge on any atom is 0.169 e. The van der Waals surface area contributed by atoms with E-state index in [2.05, 4.69) is 132 Å². The fourth-order valence-corrected chi connectivity index (χ4v) is 9.16. The average Bonchev–Trinajstić information content (AvgIpc) is 3.45. The fraction of sp³-hybridized carbons (Fsp3) is 0.0465. The van der Waals surface area contributed by atoms with E-state index >= 15 is 0 Å². The van der Waals surface area contributed by atoms with Crippen LogP contribution in [0.15, 0.2) is 172 Å². The SMILES string of the molecule is C1=NC(c2ccc3c(c2)Sc2cc(-c4cncc5ccccc45)ccc2C32c3ccccc3-c3ccccc32)N=C(c2ccccc2)N1. The minimum Gasteiger partial charge on any atom is -0.331 e. The van der Waals surface area contributed by atoms with Gasteiger partial charge in [-0.05, 0) is 62.0 Å². The van der Waals surface area contributed by atoms with Crippen molar-refractivity contribution >= 4 is 34.7 Å². The van der Waals surface area contributed by atoms with Gasteiger partial charge >= 0.3 is 0 Å². The van der Waals surface area contributed by atoms with Crippen LogP contribution in [0.5, 0.6) is 0 Å². The highest BCUT2D eigenvalue weighted by Gasteiger charge is 2.50. The van der Waals surface area contributed by atoms with E-state index < -0.39 is 5.41 Å². The minimum atomic E-state index is -0.451. The lowest BCUT2D eigenvalue weighted by molar-refractivity contribution is 0.712. The standard InChI is InChI=1S/C43H28N4S/c1-2-10-27(11-3-1)41-45-26-46-42(47-41)29-19-21-38-40(23-29)48-39-22-28(34-25-44-24-30-12-4-5-13-31(30)34)18-20-37(39)43(38)35-16-8-6-14-32(35)33-15-7-9-17-36(33)43/h1-26,42H,(H,45,46,47). The van der Waals surface area contributed by atoms with Crippen molar-refractivity contribution in [2.24, 2.45) is 9.98 Å². The molecule has 1 atom stereocenters. The van der Waals surface area contributed by atoms with Crippen molar-refractivity contribution in [3.05, 3.63) is 185 Å². The summed E-state index contributed by atoms with van der Waals surface area (Å²) in [4.78, 5) is 16.9. The number of amidine groups is 1. The summed E-state index contributed by atoms with van der Waals surface area (Å²) in [5, 5.41) is 5.60. The van der Waals surface area contributed by atoms with Gasteiger partial charge in [-0.15, -0.1) is 0 Å². The quantitative estimate of drug-likeness (QED) is 0.211. The molecule has 48 heavy (non-hydrogen) atoms. The molecule has 226 valence electrons. The number of rotatable bonds is 3. The second kappa shape index (κ2) is 10.6. The molecule has 1 N–H and O–H groups in total. The first-order valence-corrected chi connectivity index (χ1v) is 17.0. The molecule has 1 unspecified atom stereocenters. The monoisotopic (exact) mass is 632 g/mol. The van der Waals surface area contributed by atoms with Crippen molar-refractivity contribution in [3.63, 3.8) is 0 Å². The molecule has 1 spiro atoms. The third-order valence-corrected chi connectivity index (χ3v) is 11.1. The minimum absolute atomic E-state index is 0.332. The number of aromatic nitrogens is 1. The number of hydrogen-bond acceptors (Lipinski definition) is 5. The first-order valence-electron chi connectivity index (χ1n) is 16.2. The molecule has 7 aromatic rings. The Bertz CT molecular complexity index is 2430. The molecule has 0 saturated heterocycles. The summed E-state index contributed by atoms with van der Waals surface area (Å²) >= 11 is 1.85. The van der Waals surface area contributed by atoms with E-state index in [9.17, 15) is 0 Å². The molecule has 1 aromatic heterocycles. The van der Waals surface area contributed by atoms with Crippen LogP contribution in [-0.2, 0) is 5.41 Å². The highest BCUT2D eigenvalue weighted by Crippen LogP contribution is 2.62. The Morgan fingerprint density at radius 3 is 2.06 bits per heavy atom. The lowest BCUT2D eigenvalue weighted by Gasteiger charge is -2.40. The smallest absolute Gasteiger partial charge is 0.169 e. The van der Waals surface area contributed by atoms with Gasteiger partial charge in [-0.2, -0.15) is 0 Å². The Morgan fingerprint density at radius 1 is 0.562 bits per heavy atom. The van der Waals surface area contributed by atoms with Gasteiger partial charge in [0.2, 0.25) is 0 Å². The number of benzene rings is 6. The largest absolute Gasteiger partial charge is 0.331 e. The number of fused-ring (bicyclic) bond motifs is 10. The molecule has 10 rings (SSSR count). The van der Waals surface area contributed by atoms with E-state index in [1.807, 2.05) is 42.4 Å². The van der Waals surface area contributed by atoms with Gasteiger partial charge in [0.05, 0.1) is 11.8 Å². The molecule has 2 aliphatic heterocycles. The summed E-state index contributed by atoms with van der Waals surface area (Å²) in [6, 6.07) is 50.5. The molecule has 0 amide bonds. The van der Waals surface area contributed by atoms with Crippen LogP contribution < -0.4 is 5.32 Å². The second-order valence-electron chi connectivity index (χ2n) is 12.5. The summed E-state index contributed by atoms with van der Waals surface area (Å²) in [7, 11) is 0. The summed E-state index contributed by atoms with van der Waals surface area (Å²) < 4.78 is 0. The van der Waals surface area contributed by atoms with Crippen LogP contribution in [0, 0.1) is 0 Å². The van der Waals surface area contributed by atoms with Crippen LogP contribution in [0.2, 0.25) is 0 Å². The van der Waals surface area contributed by atoms with E-state index in [1.165, 1.54) is 54.1 Å². The van der Waals surface area contributed by atoms with Gasteiger partial charge in [-0.25, -0.2) is 9.98 Å². The molecule has 0 saturated carbocycles. The molecule has 5 heteroatoms. The van der Waals surface area contributed by atoms with Gasteiger partial charge in [0, 0.05) is 38.7 Å². The van der Waals surface area contributed by atoms with Crippen molar-refractivity contribution < 1.29 is 0 Å². The summed E-state index contributed by atoms with van der Waals surface area (Å²) in [5.41, 5.74) is 11.8. The van der Waals surface area contributed by atoms with Gasteiger partial charge in [-0.1, -0.05) is 139 Å². The third kappa shape index (κ3) is 3.95. The van der Waals surface area contributed by atoms with Crippen LogP contribution >= 0.6 is 11.8 Å². The maximum atomic E-state index is 5.05. The van der Waals surface area contributed by atoms with E-state index in [0.717, 1.165) is 27.9 Å². The first-order chi connectivity index (χ1) is 23.8. The van der Waals surface area contributed by atoms with Gasteiger partial charge < -0.3 is 5.32 Å². The Morgan fingerprint density at radius 2 is 1.25 bits per heavy atom. The van der Waals surface area contributed by atoms with Gasteiger partial charge in [-0.3, -0.25) is 4.98 Å². The Kier molecular flexibility index (Phi) is 6.05. The predicted molar refractivity (Wildman–Crippen MR) is 196 cm³/mol. The highest BCUT2D eigenvalue weighted by molar-refractivity contribution is 7.99. The molecule has 0 fully saturated rings. The zero-order valence-electron chi connectivity index (χ0n) is 25.8. The molecule has 4 nitrogen and oxygen atoms in total. The van der Waals surface area contributed by atoms with Crippen molar-refractivity contribution in [3.8, 4) is 22.3 Å². The zero-order valence-corrected chi connectivity index (χ0v) is 26.7. The Labute approximate surface area is 283 Å². The number of nitrogens with one attached hydrogen (secondary N) is 1. The topological polar surface area (TPSA) is 49.6 Å². The number of hydrogen-bond donors (Lipinski definition) is 1. The Hall–Kier alpha value is -5.78. The van der Waals surface area contributed by atoms with Crippen LogP contribution in [0.4, 0.5) is 0 Å². The van der Waals surface area contributed by atoms with E-state index in [-0.39, 0.29) is 6.17 Å². The van der Waals surface area contributed by atoms with Gasteiger partial charge in [0.15, 0.2) is 6.17 Å². The molecular formula is C43H28N4S. The third-order valence-electron chi connectivity index (χ3n) is 9.96. The molecule has 3 heterocycles. The van der Waals surface area contributed by atoms with E-state index in [4.69, 9.17) is 9.98 Å². The van der Waals surface area contributed by atoms with Crippen LogP contribution in [-0.4, -0.2) is 17.2 Å². The number of pyridine rings is 1. The van der Waals surface area contributed by atoms with Crippen molar-refractivity contribution in [2.75, 3.05) is 0 Å².